The molecule has 0 aromatic heterocycles. The van der Waals surface area contributed by atoms with Gasteiger partial charge in [0, 0.05) is 32.1 Å². The second-order valence-corrected chi connectivity index (χ2v) is 14.4. The Morgan fingerprint density at radius 3 is 2.30 bits per heavy atom. The van der Waals surface area contributed by atoms with E-state index >= 15 is 0 Å². The highest BCUT2D eigenvalue weighted by molar-refractivity contribution is 5.66. The predicted octanol–water partition coefficient (Wildman–Crippen LogP) is 5.91. The van der Waals surface area contributed by atoms with E-state index in [4.69, 9.17) is 18.9 Å². The number of rotatable bonds is 2. The predicted molar refractivity (Wildman–Crippen MR) is 138 cm³/mol. The summed E-state index contributed by atoms with van der Waals surface area (Å²) >= 11 is 0. The van der Waals surface area contributed by atoms with E-state index in [1.165, 1.54) is 26.2 Å². The van der Waals surface area contributed by atoms with Crippen LogP contribution in [0.4, 0.5) is 0 Å². The Labute approximate surface area is 222 Å². The molecule has 0 aromatic rings. The van der Waals surface area contributed by atoms with Gasteiger partial charge in [0.25, 0.3) is 0 Å². The maximum absolute atomic E-state index is 12.5. The molecule has 2 saturated heterocycles. The fraction of sp³-hybridized carbons (Fsp3) is 0.935. The molecule has 37 heavy (non-hydrogen) atoms. The molecule has 2 aliphatic heterocycles. The van der Waals surface area contributed by atoms with Crippen LogP contribution >= 0.6 is 0 Å². The number of esters is 2. The van der Waals surface area contributed by atoms with Gasteiger partial charge in [-0.1, -0.05) is 27.7 Å². The summed E-state index contributed by atoms with van der Waals surface area (Å²) in [6.45, 7) is 13.5. The van der Waals surface area contributed by atoms with Crippen molar-refractivity contribution in [1.82, 2.24) is 0 Å². The van der Waals surface area contributed by atoms with Crippen molar-refractivity contribution in [3.05, 3.63) is 0 Å². The van der Waals surface area contributed by atoms with Gasteiger partial charge in [-0.15, -0.1) is 0 Å². The third-order valence-corrected chi connectivity index (χ3v) is 12.4. The number of carbonyl (C=O) groups is 2. The molecule has 6 nitrogen and oxygen atoms in total. The zero-order valence-corrected chi connectivity index (χ0v) is 23.8. The van der Waals surface area contributed by atoms with Crippen LogP contribution in [0.3, 0.4) is 0 Å². The Morgan fingerprint density at radius 2 is 1.62 bits per heavy atom. The van der Waals surface area contributed by atoms with Gasteiger partial charge in [-0.05, 0) is 91.8 Å². The highest BCUT2D eigenvalue weighted by Crippen LogP contribution is 2.71. The van der Waals surface area contributed by atoms with Crippen LogP contribution in [0.15, 0.2) is 0 Å². The van der Waals surface area contributed by atoms with Crippen molar-refractivity contribution < 1.29 is 28.5 Å². The zero-order chi connectivity index (χ0) is 26.3. The lowest BCUT2D eigenvalue weighted by atomic mass is 9.43. The summed E-state index contributed by atoms with van der Waals surface area (Å²) in [6.07, 6.45) is 9.63. The minimum atomic E-state index is -0.428. The molecule has 0 aromatic carbocycles. The molecule has 6 rings (SSSR count). The Morgan fingerprint density at radius 1 is 0.865 bits per heavy atom. The second-order valence-electron chi connectivity index (χ2n) is 14.4. The first-order chi connectivity index (χ1) is 17.5. The zero-order valence-electron chi connectivity index (χ0n) is 23.8. The Balaban J connectivity index is 1.30. The maximum atomic E-state index is 12.5. The normalized spacial score (nSPS) is 54.5. The second kappa shape index (κ2) is 8.94. The highest BCUT2D eigenvalue weighted by atomic mass is 16.7. The van der Waals surface area contributed by atoms with Gasteiger partial charge in [0.1, 0.15) is 12.2 Å². The lowest BCUT2D eigenvalue weighted by Crippen LogP contribution is -2.60. The third-order valence-electron chi connectivity index (χ3n) is 12.4. The van der Waals surface area contributed by atoms with Gasteiger partial charge in [0.05, 0.1) is 12.7 Å². The summed E-state index contributed by atoms with van der Waals surface area (Å²) in [4.78, 5) is 24.1. The largest absolute Gasteiger partial charge is 0.463 e. The molecular formula is C31H48O6. The van der Waals surface area contributed by atoms with E-state index in [-0.39, 0.29) is 41.1 Å². The molecule has 208 valence electrons. The molecule has 13 atom stereocenters. The van der Waals surface area contributed by atoms with Crippen molar-refractivity contribution >= 4 is 11.9 Å². The SMILES string of the molecule is CC(=O)OC1CCC2(C)C(CCC3C4CC5OC6(CCC(C)CO6)C(C)C5C4(C)CC(OC(C)=O)C32)C1. The van der Waals surface area contributed by atoms with Gasteiger partial charge in [-0.25, -0.2) is 0 Å². The monoisotopic (exact) mass is 516 g/mol. The van der Waals surface area contributed by atoms with Gasteiger partial charge >= 0.3 is 11.9 Å². The average molecular weight is 517 g/mol. The van der Waals surface area contributed by atoms with Crippen molar-refractivity contribution in [2.24, 2.45) is 52.3 Å². The van der Waals surface area contributed by atoms with Crippen molar-refractivity contribution in [2.75, 3.05) is 6.61 Å². The summed E-state index contributed by atoms with van der Waals surface area (Å²) in [5.41, 5.74) is 0.189. The number of hydrogen-bond donors (Lipinski definition) is 0. The van der Waals surface area contributed by atoms with Crippen LogP contribution in [-0.4, -0.2) is 42.6 Å². The lowest BCUT2D eigenvalue weighted by Gasteiger charge is -2.63. The summed E-state index contributed by atoms with van der Waals surface area (Å²) in [7, 11) is 0. The highest BCUT2D eigenvalue weighted by Gasteiger charge is 2.71. The first kappa shape index (κ1) is 26.1. The van der Waals surface area contributed by atoms with Crippen LogP contribution in [0.5, 0.6) is 0 Å². The van der Waals surface area contributed by atoms with Gasteiger partial charge in [0.15, 0.2) is 5.79 Å². The van der Waals surface area contributed by atoms with E-state index in [1.54, 1.807) is 6.92 Å². The topological polar surface area (TPSA) is 71.1 Å². The molecular weight excluding hydrogens is 468 g/mol. The number of carbonyl (C=O) groups excluding carboxylic acids is 2. The van der Waals surface area contributed by atoms with Crippen LogP contribution in [-0.2, 0) is 28.5 Å². The van der Waals surface area contributed by atoms with Crippen molar-refractivity contribution in [2.45, 2.75) is 123 Å². The minimum Gasteiger partial charge on any atom is -0.463 e. The molecule has 0 radical (unpaired) electrons. The Hall–Kier alpha value is -1.14. The van der Waals surface area contributed by atoms with Crippen LogP contribution < -0.4 is 0 Å². The molecule has 6 fully saturated rings. The van der Waals surface area contributed by atoms with E-state index in [2.05, 4.69) is 27.7 Å². The summed E-state index contributed by atoms with van der Waals surface area (Å²) < 4.78 is 25.4. The summed E-state index contributed by atoms with van der Waals surface area (Å²) in [5, 5.41) is 0. The van der Waals surface area contributed by atoms with E-state index in [1.807, 2.05) is 0 Å². The minimum absolute atomic E-state index is 0.0302. The fourth-order valence-corrected chi connectivity index (χ4v) is 11.0. The molecule has 13 unspecified atom stereocenters. The van der Waals surface area contributed by atoms with Crippen LogP contribution in [0.1, 0.15) is 99.3 Å². The Bertz CT molecular complexity index is 925. The number of fused-ring (bicyclic) bond motifs is 7. The van der Waals surface area contributed by atoms with Gasteiger partial charge < -0.3 is 18.9 Å². The average Bonchev–Trinajstić information content (AvgIpc) is 3.25. The van der Waals surface area contributed by atoms with E-state index in [0.717, 1.165) is 45.1 Å². The molecule has 0 N–H and O–H groups in total. The molecule has 2 heterocycles. The maximum Gasteiger partial charge on any atom is 0.302 e. The first-order valence-electron chi connectivity index (χ1n) is 15.1. The summed E-state index contributed by atoms with van der Waals surface area (Å²) in [5.74, 6) is 2.63. The third kappa shape index (κ3) is 3.93. The molecule has 6 aliphatic rings. The molecule has 0 amide bonds. The molecule has 4 aliphatic carbocycles. The van der Waals surface area contributed by atoms with Crippen LogP contribution in [0.2, 0.25) is 0 Å². The first-order valence-corrected chi connectivity index (χ1v) is 15.1. The van der Waals surface area contributed by atoms with Gasteiger partial charge in [-0.2, -0.15) is 0 Å². The molecule has 6 heteroatoms. The standard InChI is InChI=1S/C31H48O6/c1-17-9-12-31(34-16-17)18(2)27-25(37-31)14-24-23-8-7-21-13-22(35-19(3)32)10-11-29(21,5)28(23)26(36-20(4)33)15-30(24,27)6/h17-18,21-28H,7-16H2,1-6H3. The van der Waals surface area contributed by atoms with Crippen LogP contribution in [0.25, 0.3) is 0 Å². The lowest BCUT2D eigenvalue weighted by molar-refractivity contribution is -0.274. The summed E-state index contributed by atoms with van der Waals surface area (Å²) in [6, 6.07) is 0. The van der Waals surface area contributed by atoms with Crippen molar-refractivity contribution in [1.29, 1.82) is 0 Å². The molecule has 1 spiro atoms. The fourth-order valence-electron chi connectivity index (χ4n) is 11.0. The van der Waals surface area contributed by atoms with E-state index in [0.29, 0.717) is 41.4 Å². The van der Waals surface area contributed by atoms with Gasteiger partial charge in [-0.3, -0.25) is 9.59 Å². The molecule has 0 bridgehead atoms. The van der Waals surface area contributed by atoms with Gasteiger partial charge in [0.2, 0.25) is 0 Å². The Kier molecular flexibility index (Phi) is 6.31. The van der Waals surface area contributed by atoms with Crippen molar-refractivity contribution in [3.8, 4) is 0 Å². The van der Waals surface area contributed by atoms with Crippen molar-refractivity contribution in [3.63, 3.8) is 0 Å². The van der Waals surface area contributed by atoms with E-state index < -0.39 is 5.79 Å². The smallest absolute Gasteiger partial charge is 0.302 e. The van der Waals surface area contributed by atoms with E-state index in [9.17, 15) is 9.59 Å². The number of hydrogen-bond acceptors (Lipinski definition) is 6. The molecule has 4 saturated carbocycles. The number of ether oxygens (including phenoxy) is 4. The quantitative estimate of drug-likeness (QED) is 0.425. The van der Waals surface area contributed by atoms with Crippen LogP contribution in [0, 0.1) is 52.3 Å².